The van der Waals surface area contributed by atoms with Crippen LogP contribution < -0.4 is 16.4 Å². The summed E-state index contributed by atoms with van der Waals surface area (Å²) in [7, 11) is 0. The van der Waals surface area contributed by atoms with Gasteiger partial charge in [-0.15, -0.1) is 0 Å². The second-order valence-electron chi connectivity index (χ2n) is 5.72. The molecule has 0 aliphatic rings. The largest absolute Gasteiger partial charge is 0.463 e. The molecule has 0 fully saturated rings. The first-order valence-corrected chi connectivity index (χ1v) is 7.70. The second kappa shape index (κ2) is 6.64. The zero-order valence-corrected chi connectivity index (χ0v) is 13.8. The summed E-state index contributed by atoms with van der Waals surface area (Å²) in [6.07, 6.45) is 1.50. The Hall–Kier alpha value is -3.35. The molecule has 0 aromatic carbocycles. The van der Waals surface area contributed by atoms with Crippen molar-refractivity contribution in [2.24, 2.45) is 0 Å². The fourth-order valence-corrected chi connectivity index (χ4v) is 2.59. The first kappa shape index (κ1) is 16.5. The topological polar surface area (TPSA) is 108 Å². The van der Waals surface area contributed by atoms with Crippen molar-refractivity contribution in [3.8, 4) is 11.5 Å². The summed E-state index contributed by atoms with van der Waals surface area (Å²) in [6, 6.07) is 8.26. The Labute approximate surface area is 142 Å². The summed E-state index contributed by atoms with van der Waals surface area (Å²) in [5, 5.41) is 2.61. The molecule has 0 unspecified atom stereocenters. The van der Waals surface area contributed by atoms with Gasteiger partial charge in [0, 0.05) is 17.8 Å². The van der Waals surface area contributed by atoms with Gasteiger partial charge in [-0.05, 0) is 49.7 Å². The molecule has 3 aromatic heterocycles. The molecule has 0 aliphatic heterocycles. The van der Waals surface area contributed by atoms with E-state index in [4.69, 9.17) is 4.42 Å². The molecule has 3 rings (SSSR count). The number of hydrogen-bond acceptors (Lipinski definition) is 4. The van der Waals surface area contributed by atoms with Crippen molar-refractivity contribution in [3.05, 3.63) is 79.7 Å². The molecular weight excluding hydrogens is 322 g/mol. The Morgan fingerprint density at radius 2 is 1.92 bits per heavy atom. The lowest BCUT2D eigenvalue weighted by atomic mass is 10.1. The Morgan fingerprint density at radius 1 is 1.12 bits per heavy atom. The van der Waals surface area contributed by atoms with Crippen LogP contribution in [0.25, 0.3) is 11.5 Å². The zero-order valence-electron chi connectivity index (χ0n) is 13.8. The number of H-pyrrole nitrogens is 2. The maximum absolute atomic E-state index is 12.3. The molecule has 0 saturated heterocycles. The number of carbonyl (C=O) groups is 1. The van der Waals surface area contributed by atoms with Crippen molar-refractivity contribution in [2.75, 3.05) is 0 Å². The van der Waals surface area contributed by atoms with Gasteiger partial charge in [-0.25, -0.2) is 0 Å². The van der Waals surface area contributed by atoms with Gasteiger partial charge in [0.15, 0.2) is 0 Å². The van der Waals surface area contributed by atoms with E-state index in [-0.39, 0.29) is 17.7 Å². The summed E-state index contributed by atoms with van der Waals surface area (Å²) in [5.74, 6) is -0.0440. The standard InChI is InChI=1S/C18H17N3O4/c1-10-8-11(2)20-18(24)13(10)9-19-16(22)12-5-6-14(21-17(12)23)15-4-3-7-25-15/h3-8H,9H2,1-2H3,(H,19,22)(H,20,24)(H,21,23). The third kappa shape index (κ3) is 3.45. The summed E-state index contributed by atoms with van der Waals surface area (Å²) in [5.41, 5.74) is 1.67. The van der Waals surface area contributed by atoms with E-state index in [1.807, 2.05) is 6.07 Å². The van der Waals surface area contributed by atoms with Crippen LogP contribution in [0.15, 0.2) is 50.6 Å². The predicted molar refractivity (Wildman–Crippen MR) is 92.5 cm³/mol. The Bertz CT molecular complexity index is 1030. The molecule has 0 aliphatic carbocycles. The second-order valence-corrected chi connectivity index (χ2v) is 5.72. The number of aromatic nitrogens is 2. The van der Waals surface area contributed by atoms with Crippen LogP contribution >= 0.6 is 0 Å². The fourth-order valence-electron chi connectivity index (χ4n) is 2.59. The third-order valence-corrected chi connectivity index (χ3v) is 3.86. The molecule has 0 radical (unpaired) electrons. The van der Waals surface area contributed by atoms with Crippen LogP contribution in [-0.2, 0) is 6.54 Å². The molecule has 25 heavy (non-hydrogen) atoms. The molecule has 7 heteroatoms. The lowest BCUT2D eigenvalue weighted by molar-refractivity contribution is 0.0949. The van der Waals surface area contributed by atoms with Gasteiger partial charge in [0.2, 0.25) is 0 Å². The van der Waals surface area contributed by atoms with Gasteiger partial charge in [0.05, 0.1) is 12.0 Å². The third-order valence-electron chi connectivity index (χ3n) is 3.86. The quantitative estimate of drug-likeness (QED) is 0.674. The zero-order chi connectivity index (χ0) is 18.0. The van der Waals surface area contributed by atoms with Crippen molar-refractivity contribution >= 4 is 5.91 Å². The van der Waals surface area contributed by atoms with Crippen LogP contribution in [0.4, 0.5) is 0 Å². The number of nitrogens with one attached hydrogen (secondary N) is 3. The number of furan rings is 1. The van der Waals surface area contributed by atoms with E-state index in [2.05, 4.69) is 15.3 Å². The van der Waals surface area contributed by atoms with E-state index in [0.29, 0.717) is 17.0 Å². The molecule has 0 atom stereocenters. The van der Waals surface area contributed by atoms with Gasteiger partial charge >= 0.3 is 0 Å². The average molecular weight is 339 g/mol. The van der Waals surface area contributed by atoms with Crippen molar-refractivity contribution in [2.45, 2.75) is 20.4 Å². The van der Waals surface area contributed by atoms with Crippen molar-refractivity contribution in [1.82, 2.24) is 15.3 Å². The van der Waals surface area contributed by atoms with Crippen LogP contribution in [0.5, 0.6) is 0 Å². The number of pyridine rings is 2. The highest BCUT2D eigenvalue weighted by Gasteiger charge is 2.13. The molecule has 1 amide bonds. The summed E-state index contributed by atoms with van der Waals surface area (Å²) < 4.78 is 5.21. The highest BCUT2D eigenvalue weighted by molar-refractivity contribution is 5.94. The number of aryl methyl sites for hydroxylation is 2. The number of aromatic amines is 2. The van der Waals surface area contributed by atoms with Crippen LogP contribution in [0.1, 0.15) is 27.2 Å². The number of hydrogen-bond donors (Lipinski definition) is 3. The van der Waals surface area contributed by atoms with E-state index in [9.17, 15) is 14.4 Å². The maximum Gasteiger partial charge on any atom is 0.261 e. The minimum Gasteiger partial charge on any atom is -0.463 e. The first-order chi connectivity index (χ1) is 12.0. The van der Waals surface area contributed by atoms with Gasteiger partial charge in [-0.3, -0.25) is 14.4 Å². The molecular formula is C18H17N3O4. The minimum absolute atomic E-state index is 0.0310. The lowest BCUT2D eigenvalue weighted by Gasteiger charge is -2.08. The van der Waals surface area contributed by atoms with Crippen molar-refractivity contribution < 1.29 is 9.21 Å². The van der Waals surface area contributed by atoms with Crippen LogP contribution in [0.2, 0.25) is 0 Å². The number of amides is 1. The summed E-state index contributed by atoms with van der Waals surface area (Å²) >= 11 is 0. The monoisotopic (exact) mass is 339 g/mol. The van der Waals surface area contributed by atoms with E-state index in [1.165, 1.54) is 12.3 Å². The van der Waals surface area contributed by atoms with E-state index < -0.39 is 11.5 Å². The lowest BCUT2D eigenvalue weighted by Crippen LogP contribution is -2.31. The Balaban J connectivity index is 1.78. The number of rotatable bonds is 4. The maximum atomic E-state index is 12.3. The minimum atomic E-state index is -0.549. The predicted octanol–water partition coefficient (Wildman–Crippen LogP) is 1.87. The molecule has 0 spiro atoms. The van der Waals surface area contributed by atoms with E-state index in [1.54, 1.807) is 32.0 Å². The average Bonchev–Trinajstić information content (AvgIpc) is 3.08. The van der Waals surface area contributed by atoms with Crippen LogP contribution in [0.3, 0.4) is 0 Å². The first-order valence-electron chi connectivity index (χ1n) is 7.70. The molecule has 3 N–H and O–H groups in total. The van der Waals surface area contributed by atoms with E-state index in [0.717, 1.165) is 11.3 Å². The van der Waals surface area contributed by atoms with Gasteiger partial charge in [-0.1, -0.05) is 0 Å². The smallest absolute Gasteiger partial charge is 0.261 e. The van der Waals surface area contributed by atoms with E-state index >= 15 is 0 Å². The Kier molecular flexibility index (Phi) is 4.38. The highest BCUT2D eigenvalue weighted by atomic mass is 16.3. The van der Waals surface area contributed by atoms with Gasteiger partial charge in [0.25, 0.3) is 17.0 Å². The van der Waals surface area contributed by atoms with Crippen molar-refractivity contribution in [1.29, 1.82) is 0 Å². The number of carbonyl (C=O) groups excluding carboxylic acids is 1. The van der Waals surface area contributed by atoms with Gasteiger partial charge < -0.3 is 19.7 Å². The highest BCUT2D eigenvalue weighted by Crippen LogP contribution is 2.15. The summed E-state index contributed by atoms with van der Waals surface area (Å²) in [4.78, 5) is 41.7. The fraction of sp³-hybridized carbons (Fsp3) is 0.167. The molecule has 3 heterocycles. The molecule has 0 saturated carbocycles. The summed E-state index contributed by atoms with van der Waals surface area (Å²) in [6.45, 7) is 3.63. The SMILES string of the molecule is Cc1cc(C)c(CNC(=O)c2ccc(-c3ccco3)[nH]c2=O)c(=O)[nH]1. The Morgan fingerprint density at radius 3 is 2.56 bits per heavy atom. The molecule has 0 bridgehead atoms. The molecule has 3 aromatic rings. The van der Waals surface area contributed by atoms with Crippen LogP contribution in [-0.4, -0.2) is 15.9 Å². The molecule has 7 nitrogen and oxygen atoms in total. The van der Waals surface area contributed by atoms with Crippen molar-refractivity contribution in [3.63, 3.8) is 0 Å². The van der Waals surface area contributed by atoms with Gasteiger partial charge in [0.1, 0.15) is 11.3 Å². The van der Waals surface area contributed by atoms with Crippen LogP contribution in [0, 0.1) is 13.8 Å². The normalized spacial score (nSPS) is 10.6. The van der Waals surface area contributed by atoms with Gasteiger partial charge in [-0.2, -0.15) is 0 Å². The molecule has 128 valence electrons.